The molecule has 352 valence electrons. The number of likely N-dealkylation sites (N-methyl/N-ethyl adjacent to an activating group) is 2. The fourth-order valence-electron chi connectivity index (χ4n) is 8.95. The molecule has 3 saturated heterocycles. The molecule has 0 saturated carbocycles. The van der Waals surface area contributed by atoms with Crippen LogP contribution in [0, 0.1) is 0 Å². The highest BCUT2D eigenvalue weighted by molar-refractivity contribution is 5.89. The number of amides is 6. The number of likely N-dealkylation sites (tertiary alicyclic amines) is 1. The van der Waals surface area contributed by atoms with E-state index in [2.05, 4.69) is 67.1 Å². The van der Waals surface area contributed by atoms with Crippen molar-refractivity contribution in [1.82, 2.24) is 50.4 Å². The summed E-state index contributed by atoms with van der Waals surface area (Å²) in [5, 5.41) is 9.07. The third-order valence-corrected chi connectivity index (χ3v) is 13.1. The first-order chi connectivity index (χ1) is 32.7. The molecule has 8 rings (SSSR count). The van der Waals surface area contributed by atoms with Crippen molar-refractivity contribution in [2.75, 3.05) is 86.1 Å². The Kier molecular flexibility index (Phi) is 15.8. The van der Waals surface area contributed by atoms with Crippen molar-refractivity contribution in [3.05, 3.63) is 132 Å². The summed E-state index contributed by atoms with van der Waals surface area (Å²) in [5.41, 5.74) is 5.52. The zero-order valence-electron chi connectivity index (χ0n) is 38.7. The normalized spacial score (nSPS) is 17.7. The summed E-state index contributed by atoms with van der Waals surface area (Å²) in [4.78, 5) is 72.2. The van der Waals surface area contributed by atoms with Gasteiger partial charge in [0.2, 0.25) is 11.8 Å². The number of imidazole rings is 1. The molecule has 0 radical (unpaired) electrons. The number of hydrogen-bond donors (Lipinski definition) is 4. The van der Waals surface area contributed by atoms with Gasteiger partial charge in [-0.15, -0.1) is 0 Å². The van der Waals surface area contributed by atoms with E-state index in [1.54, 1.807) is 9.80 Å². The highest BCUT2D eigenvalue weighted by atomic mass is 16.5. The summed E-state index contributed by atoms with van der Waals surface area (Å²) in [5.74, 6) is 1.19. The molecular weight excluding hydrogens is 845 g/mol. The van der Waals surface area contributed by atoms with Gasteiger partial charge < -0.3 is 50.2 Å². The smallest absolute Gasteiger partial charge is 0.318 e. The zero-order chi connectivity index (χ0) is 46.5. The molecule has 15 heteroatoms. The lowest BCUT2D eigenvalue weighted by Gasteiger charge is -2.34. The Bertz CT molecular complexity index is 2380. The van der Waals surface area contributed by atoms with Crippen molar-refractivity contribution in [2.45, 2.75) is 50.2 Å². The van der Waals surface area contributed by atoms with Crippen LogP contribution in [0.25, 0.3) is 22.4 Å². The second kappa shape index (κ2) is 22.7. The number of nitrogens with zero attached hydrogens (tertiary/aromatic N) is 6. The molecule has 0 aliphatic carbocycles. The van der Waals surface area contributed by atoms with E-state index in [1.807, 2.05) is 98.0 Å². The van der Waals surface area contributed by atoms with Crippen molar-refractivity contribution in [1.29, 1.82) is 0 Å². The van der Waals surface area contributed by atoms with E-state index in [1.165, 1.54) is 0 Å². The van der Waals surface area contributed by atoms with E-state index < -0.39 is 12.1 Å². The molecule has 67 heavy (non-hydrogen) atoms. The lowest BCUT2D eigenvalue weighted by molar-refractivity contribution is -0.134. The average molecular weight is 909 g/mol. The second-order valence-corrected chi connectivity index (χ2v) is 17.8. The number of rotatable bonds is 16. The first-order valence-corrected chi connectivity index (χ1v) is 23.7. The number of carbonyl (C=O) groups excluding carboxylic acids is 4. The van der Waals surface area contributed by atoms with Gasteiger partial charge in [0.15, 0.2) is 0 Å². The summed E-state index contributed by atoms with van der Waals surface area (Å²) in [6.07, 6.45) is 5.98. The van der Waals surface area contributed by atoms with Crippen molar-refractivity contribution in [3.8, 4) is 28.1 Å². The molecule has 0 bridgehead atoms. The van der Waals surface area contributed by atoms with Crippen LogP contribution >= 0.6 is 0 Å². The van der Waals surface area contributed by atoms with Crippen molar-refractivity contribution < 1.29 is 23.9 Å². The van der Waals surface area contributed by atoms with Gasteiger partial charge in [-0.1, -0.05) is 97.1 Å². The van der Waals surface area contributed by atoms with Gasteiger partial charge in [-0.05, 0) is 86.1 Å². The number of hydrogen-bond acceptors (Lipinski definition) is 8. The highest BCUT2D eigenvalue weighted by Gasteiger charge is 2.38. The minimum Gasteiger partial charge on any atom is -0.494 e. The molecule has 15 nitrogen and oxygen atoms in total. The Morgan fingerprint density at radius 2 is 1.18 bits per heavy atom. The predicted octanol–water partition coefficient (Wildman–Crippen LogP) is 6.47. The van der Waals surface area contributed by atoms with Crippen molar-refractivity contribution >= 4 is 23.9 Å². The van der Waals surface area contributed by atoms with E-state index >= 15 is 0 Å². The van der Waals surface area contributed by atoms with Gasteiger partial charge in [-0.2, -0.15) is 0 Å². The number of piperazine rings is 2. The lowest BCUT2D eigenvalue weighted by Crippen LogP contribution is -2.53. The minimum atomic E-state index is -0.801. The lowest BCUT2D eigenvalue weighted by atomic mass is 10.0. The van der Waals surface area contributed by atoms with Crippen LogP contribution in [0.15, 0.2) is 115 Å². The molecule has 3 fully saturated rings. The quantitative estimate of drug-likeness (QED) is 0.0822. The molecular formula is C52H64N10O5. The number of nitrogens with one attached hydrogen (secondary N) is 4. The van der Waals surface area contributed by atoms with E-state index in [-0.39, 0.29) is 29.9 Å². The molecule has 3 aliphatic heterocycles. The fourth-order valence-corrected chi connectivity index (χ4v) is 8.95. The van der Waals surface area contributed by atoms with Crippen molar-refractivity contribution in [3.63, 3.8) is 0 Å². The molecule has 3 atom stereocenters. The monoisotopic (exact) mass is 909 g/mol. The average Bonchev–Trinajstić information content (AvgIpc) is 4.07. The zero-order valence-corrected chi connectivity index (χ0v) is 38.7. The predicted molar refractivity (Wildman–Crippen MR) is 259 cm³/mol. The van der Waals surface area contributed by atoms with Crippen LogP contribution in [0.4, 0.5) is 9.59 Å². The van der Waals surface area contributed by atoms with Crippen LogP contribution in [-0.2, 0) is 9.59 Å². The van der Waals surface area contributed by atoms with Crippen LogP contribution in [-0.4, -0.2) is 144 Å². The number of carbonyl (C=O) groups is 4. The van der Waals surface area contributed by atoms with Gasteiger partial charge in [0.1, 0.15) is 23.7 Å². The van der Waals surface area contributed by atoms with E-state index in [9.17, 15) is 19.2 Å². The Morgan fingerprint density at radius 3 is 1.78 bits per heavy atom. The third-order valence-electron chi connectivity index (χ3n) is 13.1. The number of aromatic amines is 1. The molecule has 4 N–H and O–H groups in total. The van der Waals surface area contributed by atoms with Gasteiger partial charge in [-0.25, -0.2) is 14.6 Å². The standard InChI is InChI=1S/C52H64N10O5/c1-58-28-32-60(33-29-58)51(65)56-46(41-13-6-3-7-14-41)49(63)53-26-10-5-11-36-67-43-24-22-39(23-25-43)38-18-20-40(21-19-38)44-37-54-48(55-44)45-17-12-27-62(45)50(64)47(42-15-8-4-9-16-42)57-52(66)61-34-30-59(2)31-35-61/h3-4,6-9,13-16,18-25,37,45-47H,5,10-12,17,26-36H2,1-2H3,(H,53,63)(H,54,55)(H,56,65)(H,57,66). The van der Waals surface area contributed by atoms with Gasteiger partial charge in [0, 0.05) is 65.4 Å². The number of H-pyrrole nitrogens is 1. The Morgan fingerprint density at radius 1 is 0.642 bits per heavy atom. The number of aromatic nitrogens is 2. The number of unbranched alkanes of at least 4 members (excludes halogenated alkanes) is 2. The van der Waals surface area contributed by atoms with Gasteiger partial charge >= 0.3 is 12.1 Å². The van der Waals surface area contributed by atoms with Crippen LogP contribution in [0.2, 0.25) is 0 Å². The molecule has 5 aromatic rings. The molecule has 1 aromatic heterocycles. The Balaban J connectivity index is 0.788. The van der Waals surface area contributed by atoms with Crippen LogP contribution in [0.1, 0.15) is 67.2 Å². The maximum absolute atomic E-state index is 14.3. The van der Waals surface area contributed by atoms with E-state index in [4.69, 9.17) is 9.72 Å². The third kappa shape index (κ3) is 12.2. The number of ether oxygens (including phenoxy) is 1. The van der Waals surface area contributed by atoms with Crippen LogP contribution in [0.5, 0.6) is 5.75 Å². The maximum atomic E-state index is 14.3. The molecule has 4 aromatic carbocycles. The van der Waals surface area contributed by atoms with Crippen LogP contribution < -0.4 is 20.7 Å². The summed E-state index contributed by atoms with van der Waals surface area (Å²) >= 11 is 0. The topological polar surface area (TPSA) is 158 Å². The highest BCUT2D eigenvalue weighted by Crippen LogP contribution is 2.35. The molecule has 3 unspecified atom stereocenters. The van der Waals surface area contributed by atoms with E-state index in [0.29, 0.717) is 45.9 Å². The summed E-state index contributed by atoms with van der Waals surface area (Å²) < 4.78 is 6.05. The Labute approximate surface area is 393 Å². The first kappa shape index (κ1) is 46.8. The summed E-state index contributed by atoms with van der Waals surface area (Å²) in [7, 11) is 4.09. The number of urea groups is 2. The molecule has 6 amide bonds. The van der Waals surface area contributed by atoms with Crippen LogP contribution in [0.3, 0.4) is 0 Å². The summed E-state index contributed by atoms with van der Waals surface area (Å²) in [6, 6.07) is 33.1. The van der Waals surface area contributed by atoms with Gasteiger partial charge in [-0.3, -0.25) is 9.59 Å². The SMILES string of the molecule is CN1CCN(C(=O)NC(C(=O)NCCCCCOc2ccc(-c3ccc(-c4cnc(C5CCCN5C(=O)C(NC(=O)N5CCN(C)CC5)c5ccccc5)[nH]4)cc3)cc2)c2ccccc2)CC1. The minimum absolute atomic E-state index is 0.133. The van der Waals surface area contributed by atoms with Gasteiger partial charge in [0.05, 0.1) is 24.5 Å². The molecule has 0 spiro atoms. The summed E-state index contributed by atoms with van der Waals surface area (Å²) in [6.45, 7) is 7.39. The molecule has 3 aliphatic rings. The second-order valence-electron chi connectivity index (χ2n) is 17.8. The Hall–Kier alpha value is -6.71. The largest absolute Gasteiger partial charge is 0.494 e. The van der Waals surface area contributed by atoms with Gasteiger partial charge in [0.25, 0.3) is 0 Å². The number of benzene rings is 4. The molecule has 4 heterocycles. The fraction of sp³-hybridized carbons (Fsp3) is 0.404. The maximum Gasteiger partial charge on any atom is 0.318 e. The van der Waals surface area contributed by atoms with Crippen molar-refractivity contribution in [2.24, 2.45) is 0 Å². The van der Waals surface area contributed by atoms with E-state index in [0.717, 1.165) is 103 Å². The first-order valence-electron chi connectivity index (χ1n) is 23.7.